The van der Waals surface area contributed by atoms with Crippen molar-refractivity contribution in [2.75, 3.05) is 18.8 Å². The van der Waals surface area contributed by atoms with Crippen LogP contribution in [-0.2, 0) is 10.5 Å². The van der Waals surface area contributed by atoms with E-state index in [0.717, 1.165) is 24.3 Å². The lowest BCUT2D eigenvalue weighted by Crippen LogP contribution is -2.43. The molecule has 1 aromatic heterocycles. The van der Waals surface area contributed by atoms with E-state index < -0.39 is 0 Å². The Hall–Kier alpha value is -1.21. The number of hydrogen-bond donors (Lipinski definition) is 3. The summed E-state index contributed by atoms with van der Waals surface area (Å²) in [5, 5.41) is 10.7. The normalized spacial score (nSPS) is 15.0. The number of thiophene rings is 1. The van der Waals surface area contributed by atoms with Crippen LogP contribution in [0.2, 0.25) is 0 Å². The second-order valence-electron chi connectivity index (χ2n) is 5.97. The molecular weight excluding hydrogens is 342 g/mol. The topological polar surface area (TPSA) is 70.2 Å². The summed E-state index contributed by atoms with van der Waals surface area (Å²) in [6.07, 6.45) is 6.11. The number of rotatable bonds is 9. The van der Waals surface area contributed by atoms with Crippen LogP contribution >= 0.6 is 23.1 Å². The lowest BCUT2D eigenvalue weighted by molar-refractivity contribution is -0.120. The van der Waals surface area contributed by atoms with E-state index in [9.17, 15) is 9.59 Å². The van der Waals surface area contributed by atoms with Gasteiger partial charge in [0.15, 0.2) is 0 Å². The number of carbonyl (C=O) groups is 2. The fourth-order valence-corrected chi connectivity index (χ4v) is 4.39. The summed E-state index contributed by atoms with van der Waals surface area (Å²) in [5.41, 5.74) is 0. The van der Waals surface area contributed by atoms with Crippen molar-refractivity contribution in [1.82, 2.24) is 16.0 Å². The van der Waals surface area contributed by atoms with E-state index in [-0.39, 0.29) is 11.9 Å². The van der Waals surface area contributed by atoms with Gasteiger partial charge in [0.25, 0.3) is 0 Å². The first-order chi connectivity index (χ1) is 11.7. The Morgan fingerprint density at radius 1 is 1.17 bits per heavy atom. The molecule has 1 aliphatic carbocycles. The average Bonchev–Trinajstić information content (AvgIpc) is 3.09. The van der Waals surface area contributed by atoms with Gasteiger partial charge in [-0.15, -0.1) is 11.3 Å². The van der Waals surface area contributed by atoms with Crippen LogP contribution in [0.4, 0.5) is 4.79 Å². The third-order valence-electron chi connectivity index (χ3n) is 3.97. The van der Waals surface area contributed by atoms with Gasteiger partial charge < -0.3 is 16.0 Å². The number of carbonyl (C=O) groups excluding carboxylic acids is 2. The smallest absolute Gasteiger partial charge is 0.315 e. The van der Waals surface area contributed by atoms with Crippen LogP contribution in [0, 0.1) is 0 Å². The molecule has 1 aliphatic rings. The van der Waals surface area contributed by atoms with Crippen LogP contribution in [0.15, 0.2) is 17.5 Å². The fraction of sp³-hybridized carbons (Fsp3) is 0.647. The Morgan fingerprint density at radius 3 is 2.75 bits per heavy atom. The molecule has 0 radical (unpaired) electrons. The second-order valence-corrected chi connectivity index (χ2v) is 8.10. The Balaban J connectivity index is 1.43. The first-order valence-electron chi connectivity index (χ1n) is 8.65. The van der Waals surface area contributed by atoms with Crippen LogP contribution in [0.5, 0.6) is 0 Å². The van der Waals surface area contributed by atoms with Crippen LogP contribution < -0.4 is 16.0 Å². The number of hydrogen-bond acceptors (Lipinski definition) is 4. The molecule has 0 aromatic carbocycles. The lowest BCUT2D eigenvalue weighted by Gasteiger charge is -2.22. The molecule has 1 heterocycles. The van der Waals surface area contributed by atoms with Gasteiger partial charge in [-0.2, -0.15) is 11.8 Å². The molecule has 1 saturated carbocycles. The zero-order chi connectivity index (χ0) is 17.0. The van der Waals surface area contributed by atoms with Crippen LogP contribution in [0.3, 0.4) is 0 Å². The Kier molecular flexibility index (Phi) is 9.05. The van der Waals surface area contributed by atoms with Gasteiger partial charge in [0, 0.05) is 41.9 Å². The van der Waals surface area contributed by atoms with Gasteiger partial charge in [0.05, 0.1) is 0 Å². The summed E-state index contributed by atoms with van der Waals surface area (Å²) in [6, 6.07) is 4.33. The van der Waals surface area contributed by atoms with E-state index in [1.54, 1.807) is 11.3 Å². The van der Waals surface area contributed by atoms with Gasteiger partial charge in [-0.3, -0.25) is 4.79 Å². The third-order valence-corrected chi connectivity index (χ3v) is 6.04. The maximum Gasteiger partial charge on any atom is 0.315 e. The monoisotopic (exact) mass is 369 g/mol. The molecule has 24 heavy (non-hydrogen) atoms. The van der Waals surface area contributed by atoms with Crippen molar-refractivity contribution in [3.8, 4) is 0 Å². The second kappa shape index (κ2) is 11.4. The van der Waals surface area contributed by atoms with Crippen LogP contribution in [-0.4, -0.2) is 36.8 Å². The first-order valence-corrected chi connectivity index (χ1v) is 10.7. The predicted molar refractivity (Wildman–Crippen MR) is 102 cm³/mol. The van der Waals surface area contributed by atoms with E-state index in [1.807, 2.05) is 11.8 Å². The number of thioether (sulfide) groups is 1. The minimum absolute atomic E-state index is 0.00955. The van der Waals surface area contributed by atoms with Crippen molar-refractivity contribution in [2.24, 2.45) is 0 Å². The van der Waals surface area contributed by atoms with Crippen molar-refractivity contribution in [2.45, 2.75) is 50.3 Å². The molecule has 0 atom stereocenters. The number of urea groups is 1. The zero-order valence-electron chi connectivity index (χ0n) is 14.0. The highest BCUT2D eigenvalue weighted by Crippen LogP contribution is 2.17. The van der Waals surface area contributed by atoms with Gasteiger partial charge in [-0.05, 0) is 24.3 Å². The molecule has 3 amide bonds. The molecule has 5 nitrogen and oxygen atoms in total. The molecule has 2 rings (SSSR count). The quantitative estimate of drug-likeness (QED) is 0.586. The van der Waals surface area contributed by atoms with Gasteiger partial charge in [0.2, 0.25) is 5.91 Å². The highest BCUT2D eigenvalue weighted by atomic mass is 32.2. The molecule has 0 bridgehead atoms. The largest absolute Gasteiger partial charge is 0.355 e. The summed E-state index contributed by atoms with van der Waals surface area (Å²) < 4.78 is 0. The van der Waals surface area contributed by atoms with Crippen LogP contribution in [0.1, 0.15) is 43.4 Å². The number of nitrogens with one attached hydrogen (secondary N) is 3. The molecule has 0 unspecified atom stereocenters. The number of amides is 3. The van der Waals surface area contributed by atoms with E-state index in [1.165, 1.54) is 24.1 Å². The minimum atomic E-state index is -0.152. The molecule has 0 aliphatic heterocycles. The Labute approximate surface area is 152 Å². The Bertz CT molecular complexity index is 488. The molecule has 1 fully saturated rings. The van der Waals surface area contributed by atoms with Gasteiger partial charge >= 0.3 is 6.03 Å². The molecule has 0 spiro atoms. The SMILES string of the molecule is O=C(CCNC(=O)NC1CCCCC1)NCCSCc1cccs1. The summed E-state index contributed by atoms with van der Waals surface area (Å²) in [4.78, 5) is 24.8. The molecule has 134 valence electrons. The molecule has 0 saturated heterocycles. The maximum absolute atomic E-state index is 11.7. The molecule has 1 aromatic rings. The fourth-order valence-electron chi connectivity index (χ4n) is 2.69. The minimum Gasteiger partial charge on any atom is -0.355 e. The van der Waals surface area contributed by atoms with E-state index in [0.29, 0.717) is 25.6 Å². The highest BCUT2D eigenvalue weighted by Gasteiger charge is 2.15. The summed E-state index contributed by atoms with van der Waals surface area (Å²) in [5.74, 6) is 1.89. The van der Waals surface area contributed by atoms with Crippen molar-refractivity contribution in [1.29, 1.82) is 0 Å². The van der Waals surface area contributed by atoms with Gasteiger partial charge in [-0.1, -0.05) is 25.3 Å². The third kappa shape index (κ3) is 8.06. The Morgan fingerprint density at radius 2 is 2.00 bits per heavy atom. The van der Waals surface area contributed by atoms with Crippen molar-refractivity contribution >= 4 is 35.0 Å². The zero-order valence-corrected chi connectivity index (χ0v) is 15.6. The highest BCUT2D eigenvalue weighted by molar-refractivity contribution is 7.98. The molecule has 3 N–H and O–H groups in total. The van der Waals surface area contributed by atoms with Crippen molar-refractivity contribution < 1.29 is 9.59 Å². The summed E-state index contributed by atoms with van der Waals surface area (Å²) in [7, 11) is 0. The van der Waals surface area contributed by atoms with Crippen molar-refractivity contribution in [3.63, 3.8) is 0 Å². The average molecular weight is 370 g/mol. The van der Waals surface area contributed by atoms with Crippen LogP contribution in [0.25, 0.3) is 0 Å². The lowest BCUT2D eigenvalue weighted by atomic mass is 9.96. The standard InChI is InChI=1S/C17H27N3O2S2/c21-16(18-10-12-23-13-15-7-4-11-24-15)8-9-19-17(22)20-14-5-2-1-3-6-14/h4,7,11,14H,1-3,5-6,8-10,12-13H2,(H,18,21)(H2,19,20,22). The summed E-state index contributed by atoms with van der Waals surface area (Å²) >= 11 is 3.58. The van der Waals surface area contributed by atoms with Crippen molar-refractivity contribution in [3.05, 3.63) is 22.4 Å². The molecular formula is C17H27N3O2S2. The predicted octanol–water partition coefficient (Wildman–Crippen LogP) is 3.12. The van der Waals surface area contributed by atoms with E-state index >= 15 is 0 Å². The van der Waals surface area contributed by atoms with E-state index in [2.05, 4.69) is 33.5 Å². The maximum atomic E-state index is 11.7. The van der Waals surface area contributed by atoms with Gasteiger partial charge in [-0.25, -0.2) is 4.79 Å². The first kappa shape index (κ1) is 19.1. The van der Waals surface area contributed by atoms with E-state index in [4.69, 9.17) is 0 Å². The van der Waals surface area contributed by atoms with Gasteiger partial charge in [0.1, 0.15) is 0 Å². The molecule has 7 heteroatoms. The summed E-state index contributed by atoms with van der Waals surface area (Å²) in [6.45, 7) is 1.05.